The maximum absolute atomic E-state index is 12.4. The number of esters is 2. The number of ether oxygens (including phenoxy) is 2. The first-order valence-corrected chi connectivity index (χ1v) is 14.9. The molecule has 41 heavy (non-hydrogen) atoms. The SMILES string of the molecule is COC(=O)c1ccc2c(c1)sc(=NC(=O)CCCCCCCC(=O)N=c1sc3cc(C(=O)OC)ccc3n1C)n2C. The van der Waals surface area contributed by atoms with E-state index in [1.807, 2.05) is 35.4 Å². The molecule has 216 valence electrons. The van der Waals surface area contributed by atoms with Crippen molar-refractivity contribution in [2.24, 2.45) is 24.1 Å². The number of aryl methyl sites for hydroxylation is 2. The van der Waals surface area contributed by atoms with Crippen LogP contribution in [0.15, 0.2) is 46.4 Å². The zero-order valence-corrected chi connectivity index (χ0v) is 25.1. The summed E-state index contributed by atoms with van der Waals surface area (Å²) in [5.41, 5.74) is 2.70. The molecule has 0 unspecified atom stereocenters. The van der Waals surface area contributed by atoms with Gasteiger partial charge in [0.1, 0.15) is 0 Å². The molecule has 4 aromatic rings. The van der Waals surface area contributed by atoms with Gasteiger partial charge in [-0.05, 0) is 49.2 Å². The number of aromatic nitrogens is 2. The molecule has 0 saturated heterocycles. The molecule has 0 fully saturated rings. The third-order valence-corrected chi connectivity index (χ3v) is 8.87. The van der Waals surface area contributed by atoms with Crippen molar-refractivity contribution in [2.45, 2.75) is 44.9 Å². The van der Waals surface area contributed by atoms with Gasteiger partial charge in [0.25, 0.3) is 0 Å². The molecule has 2 aromatic carbocycles. The van der Waals surface area contributed by atoms with Crippen molar-refractivity contribution in [2.75, 3.05) is 14.2 Å². The van der Waals surface area contributed by atoms with Crippen molar-refractivity contribution in [1.29, 1.82) is 0 Å². The summed E-state index contributed by atoms with van der Waals surface area (Å²) in [5.74, 6) is -1.16. The number of carbonyl (C=O) groups excluding carboxylic acids is 4. The largest absolute Gasteiger partial charge is 0.465 e. The Balaban J connectivity index is 1.22. The van der Waals surface area contributed by atoms with E-state index in [9.17, 15) is 19.2 Å². The molecule has 0 N–H and O–H groups in total. The topological polar surface area (TPSA) is 121 Å². The number of amides is 2. The van der Waals surface area contributed by atoms with Gasteiger partial charge in [-0.3, -0.25) is 9.59 Å². The van der Waals surface area contributed by atoms with Crippen LogP contribution in [0.5, 0.6) is 0 Å². The molecule has 4 rings (SSSR count). The molecule has 0 aliphatic carbocycles. The number of benzene rings is 2. The Hall–Kier alpha value is -3.90. The van der Waals surface area contributed by atoms with E-state index in [-0.39, 0.29) is 11.8 Å². The monoisotopic (exact) mass is 596 g/mol. The molecule has 2 amide bonds. The number of carbonyl (C=O) groups is 4. The molecule has 12 heteroatoms. The van der Waals surface area contributed by atoms with Crippen molar-refractivity contribution in [1.82, 2.24) is 9.13 Å². The van der Waals surface area contributed by atoms with E-state index < -0.39 is 11.9 Å². The first-order chi connectivity index (χ1) is 19.7. The maximum Gasteiger partial charge on any atom is 0.337 e. The van der Waals surface area contributed by atoms with Crippen LogP contribution in [-0.2, 0) is 33.2 Å². The standard InChI is InChI=1S/C29H32N4O6S2/c1-32-20-14-12-18(26(36)38-3)16-22(20)40-28(32)30-24(34)10-8-6-5-7-9-11-25(35)31-29-33(2)21-15-13-19(27(37)39-4)17-23(21)41-29/h12-17H,5-11H2,1-4H3. The average Bonchev–Trinajstić information content (AvgIpc) is 3.45. The van der Waals surface area contributed by atoms with Crippen molar-refractivity contribution >= 4 is 66.9 Å². The smallest absolute Gasteiger partial charge is 0.337 e. The third-order valence-electron chi connectivity index (χ3n) is 6.68. The fourth-order valence-electron chi connectivity index (χ4n) is 4.38. The predicted molar refractivity (Wildman–Crippen MR) is 158 cm³/mol. The number of fused-ring (bicyclic) bond motifs is 2. The van der Waals surface area contributed by atoms with Crippen molar-refractivity contribution < 1.29 is 28.7 Å². The van der Waals surface area contributed by atoms with Crippen LogP contribution < -0.4 is 9.60 Å². The van der Waals surface area contributed by atoms with Gasteiger partial charge in [-0.1, -0.05) is 41.9 Å². The summed E-state index contributed by atoms with van der Waals surface area (Å²) in [6.07, 6.45) is 4.84. The first-order valence-electron chi connectivity index (χ1n) is 13.2. The quantitative estimate of drug-likeness (QED) is 0.194. The molecule has 10 nitrogen and oxygen atoms in total. The van der Waals surface area contributed by atoms with E-state index in [1.165, 1.54) is 36.9 Å². The highest BCUT2D eigenvalue weighted by atomic mass is 32.1. The fourth-order valence-corrected chi connectivity index (χ4v) is 6.53. The molecule has 0 aliphatic rings. The Bertz CT molecular complexity index is 1630. The van der Waals surface area contributed by atoms with Crippen molar-refractivity contribution in [3.05, 3.63) is 57.1 Å². The zero-order valence-electron chi connectivity index (χ0n) is 23.5. The normalized spacial score (nSPS) is 12.3. The lowest BCUT2D eigenvalue weighted by Crippen LogP contribution is -2.13. The second-order valence-electron chi connectivity index (χ2n) is 9.51. The molecule has 0 radical (unpaired) electrons. The molecule has 0 atom stereocenters. The summed E-state index contributed by atoms with van der Waals surface area (Å²) < 4.78 is 15.0. The number of nitrogens with zero attached hydrogens (tertiary/aromatic N) is 4. The van der Waals surface area contributed by atoms with Crippen LogP contribution >= 0.6 is 22.7 Å². The summed E-state index contributed by atoms with van der Waals surface area (Å²) in [5, 5.41) is 0. The number of thiazole rings is 2. The summed E-state index contributed by atoms with van der Waals surface area (Å²) >= 11 is 2.72. The Kier molecular flexibility index (Phi) is 10.0. The summed E-state index contributed by atoms with van der Waals surface area (Å²) in [7, 11) is 6.37. The minimum absolute atomic E-state index is 0.177. The molecule has 2 aromatic heterocycles. The zero-order chi connectivity index (χ0) is 29.5. The first kappa shape index (κ1) is 30.1. The van der Waals surface area contributed by atoms with Gasteiger partial charge in [-0.25, -0.2) is 9.59 Å². The van der Waals surface area contributed by atoms with Crippen molar-refractivity contribution in [3.8, 4) is 0 Å². The summed E-state index contributed by atoms with van der Waals surface area (Å²) in [6.45, 7) is 0. The number of unbranched alkanes of at least 4 members (excludes halogenated alkanes) is 4. The maximum atomic E-state index is 12.4. The van der Waals surface area contributed by atoms with E-state index in [0.717, 1.165) is 52.5 Å². The van der Waals surface area contributed by atoms with Gasteiger partial charge in [-0.2, -0.15) is 9.98 Å². The molecule has 0 bridgehead atoms. The van der Waals surface area contributed by atoms with Crippen LogP contribution in [0.4, 0.5) is 0 Å². The third kappa shape index (κ3) is 7.25. The van der Waals surface area contributed by atoms with E-state index in [4.69, 9.17) is 9.47 Å². The van der Waals surface area contributed by atoms with Crippen LogP contribution in [0.1, 0.15) is 65.7 Å². The van der Waals surface area contributed by atoms with Gasteiger partial charge in [-0.15, -0.1) is 0 Å². The Morgan fingerprint density at radius 1 is 0.659 bits per heavy atom. The molecule has 0 spiro atoms. The van der Waals surface area contributed by atoms with Crippen LogP contribution in [-0.4, -0.2) is 47.1 Å². The van der Waals surface area contributed by atoms with Crippen LogP contribution in [0, 0.1) is 0 Å². The molecule has 2 heterocycles. The number of methoxy groups -OCH3 is 2. The van der Waals surface area contributed by atoms with Crippen molar-refractivity contribution in [3.63, 3.8) is 0 Å². The lowest BCUT2D eigenvalue weighted by molar-refractivity contribution is -0.118. The lowest BCUT2D eigenvalue weighted by atomic mass is 10.1. The Morgan fingerprint density at radius 3 is 1.44 bits per heavy atom. The van der Waals surface area contributed by atoms with E-state index >= 15 is 0 Å². The summed E-state index contributed by atoms with van der Waals surface area (Å²) in [6, 6.07) is 10.5. The molecular formula is C29H32N4O6S2. The van der Waals surface area contributed by atoms with Crippen LogP contribution in [0.3, 0.4) is 0 Å². The van der Waals surface area contributed by atoms with Gasteiger partial charge < -0.3 is 18.6 Å². The number of rotatable bonds is 10. The molecule has 0 saturated carbocycles. The highest BCUT2D eigenvalue weighted by molar-refractivity contribution is 7.16. The molecular weight excluding hydrogens is 564 g/mol. The Labute approximate surface area is 244 Å². The van der Waals surface area contributed by atoms with Gasteiger partial charge in [0.15, 0.2) is 9.60 Å². The van der Waals surface area contributed by atoms with E-state index in [0.29, 0.717) is 33.6 Å². The average molecular weight is 597 g/mol. The van der Waals surface area contributed by atoms with Gasteiger partial charge in [0.2, 0.25) is 11.8 Å². The summed E-state index contributed by atoms with van der Waals surface area (Å²) in [4.78, 5) is 58.2. The number of hydrogen-bond donors (Lipinski definition) is 0. The van der Waals surface area contributed by atoms with Gasteiger partial charge in [0, 0.05) is 26.9 Å². The fraction of sp³-hybridized carbons (Fsp3) is 0.379. The lowest BCUT2D eigenvalue weighted by Gasteiger charge is -2.00. The minimum atomic E-state index is -0.404. The van der Waals surface area contributed by atoms with Gasteiger partial charge >= 0.3 is 11.9 Å². The number of hydrogen-bond acceptors (Lipinski definition) is 8. The highest BCUT2D eigenvalue weighted by Crippen LogP contribution is 2.20. The minimum Gasteiger partial charge on any atom is -0.465 e. The van der Waals surface area contributed by atoms with Gasteiger partial charge in [0.05, 0.1) is 45.8 Å². The highest BCUT2D eigenvalue weighted by Gasteiger charge is 2.12. The van der Waals surface area contributed by atoms with E-state index in [2.05, 4.69) is 9.98 Å². The second-order valence-corrected chi connectivity index (χ2v) is 11.5. The Morgan fingerprint density at radius 2 is 1.05 bits per heavy atom. The van der Waals surface area contributed by atoms with E-state index in [1.54, 1.807) is 24.3 Å². The second kappa shape index (κ2) is 13.6. The predicted octanol–water partition coefficient (Wildman–Crippen LogP) is 4.65. The van der Waals surface area contributed by atoms with Crippen LogP contribution in [0.25, 0.3) is 20.4 Å². The molecule has 0 aliphatic heterocycles. The van der Waals surface area contributed by atoms with Crippen LogP contribution in [0.2, 0.25) is 0 Å².